The van der Waals surface area contributed by atoms with Gasteiger partial charge in [-0.1, -0.05) is 0 Å². The Labute approximate surface area is 147 Å². The van der Waals surface area contributed by atoms with Crippen LogP contribution in [-0.2, 0) is 17.8 Å². The predicted molar refractivity (Wildman–Crippen MR) is 93.9 cm³/mol. The van der Waals surface area contributed by atoms with Gasteiger partial charge in [0, 0.05) is 50.1 Å². The highest BCUT2D eigenvalue weighted by molar-refractivity contribution is 7.09. The summed E-state index contributed by atoms with van der Waals surface area (Å²) in [7, 11) is 1.86. The number of hydrogen-bond acceptors (Lipinski definition) is 6. The van der Waals surface area contributed by atoms with Crippen LogP contribution in [0.5, 0.6) is 0 Å². The summed E-state index contributed by atoms with van der Waals surface area (Å²) < 4.78 is 11.3. The molecule has 6 heteroatoms. The minimum Gasteiger partial charge on any atom is -0.468 e. The van der Waals surface area contributed by atoms with Crippen molar-refractivity contribution in [1.29, 1.82) is 0 Å². The Kier molecular flexibility index (Phi) is 4.72. The van der Waals surface area contributed by atoms with Crippen LogP contribution in [-0.4, -0.2) is 53.7 Å². The molecule has 2 saturated heterocycles. The molecule has 0 spiro atoms. The van der Waals surface area contributed by atoms with Gasteiger partial charge < -0.3 is 9.15 Å². The number of fused-ring (bicyclic) bond motifs is 1. The topological polar surface area (TPSA) is 41.7 Å². The number of furan rings is 1. The summed E-state index contributed by atoms with van der Waals surface area (Å²) in [5, 5.41) is 0. The van der Waals surface area contributed by atoms with E-state index in [1.807, 2.05) is 18.7 Å². The van der Waals surface area contributed by atoms with Gasteiger partial charge in [0.2, 0.25) is 0 Å². The summed E-state index contributed by atoms with van der Waals surface area (Å²) in [5.74, 6) is 1.62. The Bertz CT molecular complexity index is 657. The molecule has 5 nitrogen and oxygen atoms in total. The highest BCUT2D eigenvalue weighted by atomic mass is 32.1. The minimum atomic E-state index is 0.371. The maximum absolute atomic E-state index is 5.81. The number of thiazole rings is 1. The van der Waals surface area contributed by atoms with E-state index in [-0.39, 0.29) is 0 Å². The molecule has 0 unspecified atom stereocenters. The molecular formula is C18H25N3O2S. The van der Waals surface area contributed by atoms with Gasteiger partial charge in [-0.3, -0.25) is 9.80 Å². The van der Waals surface area contributed by atoms with Crippen molar-refractivity contribution in [3.05, 3.63) is 40.2 Å². The van der Waals surface area contributed by atoms with Crippen LogP contribution in [0.2, 0.25) is 0 Å². The molecule has 0 bridgehead atoms. The molecule has 2 aliphatic rings. The van der Waals surface area contributed by atoms with E-state index in [0.29, 0.717) is 18.1 Å². The van der Waals surface area contributed by atoms with Gasteiger partial charge in [0.1, 0.15) is 5.76 Å². The van der Waals surface area contributed by atoms with E-state index in [9.17, 15) is 0 Å². The summed E-state index contributed by atoms with van der Waals surface area (Å²) in [4.78, 5) is 11.0. The van der Waals surface area contributed by atoms with Crippen molar-refractivity contribution in [1.82, 2.24) is 14.8 Å². The lowest BCUT2D eigenvalue weighted by Crippen LogP contribution is -2.50. The lowest BCUT2D eigenvalue weighted by Gasteiger charge is -2.41. The SMILES string of the molecule is CO[C@H]1CCN(Cc2scnc2C)[C@@H]2CN(Cc3ccco3)C[C@H]12. The van der Waals surface area contributed by atoms with Crippen molar-refractivity contribution in [2.24, 2.45) is 5.92 Å². The molecule has 4 heterocycles. The van der Waals surface area contributed by atoms with E-state index in [0.717, 1.165) is 44.9 Å². The molecule has 0 radical (unpaired) electrons. The largest absolute Gasteiger partial charge is 0.468 e. The lowest BCUT2D eigenvalue weighted by molar-refractivity contribution is -0.0242. The van der Waals surface area contributed by atoms with Crippen molar-refractivity contribution < 1.29 is 9.15 Å². The van der Waals surface area contributed by atoms with E-state index >= 15 is 0 Å². The van der Waals surface area contributed by atoms with Crippen molar-refractivity contribution in [2.45, 2.75) is 38.6 Å². The summed E-state index contributed by atoms with van der Waals surface area (Å²) in [6, 6.07) is 4.59. The summed E-state index contributed by atoms with van der Waals surface area (Å²) >= 11 is 1.78. The molecule has 2 aromatic rings. The average molecular weight is 347 g/mol. The van der Waals surface area contributed by atoms with Crippen LogP contribution in [0.15, 0.2) is 28.3 Å². The average Bonchev–Trinajstić information content (AvgIpc) is 3.30. The Morgan fingerprint density at radius 1 is 1.38 bits per heavy atom. The van der Waals surface area contributed by atoms with Crippen molar-refractivity contribution >= 4 is 11.3 Å². The van der Waals surface area contributed by atoms with Crippen LogP contribution < -0.4 is 0 Å². The second-order valence-electron chi connectivity index (χ2n) is 6.90. The van der Waals surface area contributed by atoms with Gasteiger partial charge in [0.05, 0.1) is 30.1 Å². The van der Waals surface area contributed by atoms with Crippen LogP contribution in [0.4, 0.5) is 0 Å². The molecule has 2 aliphatic heterocycles. The number of ether oxygens (including phenoxy) is 1. The van der Waals surface area contributed by atoms with Gasteiger partial charge in [-0.05, 0) is 25.5 Å². The number of methoxy groups -OCH3 is 1. The second kappa shape index (κ2) is 6.96. The molecule has 0 aliphatic carbocycles. The first-order valence-corrected chi connectivity index (χ1v) is 9.53. The Balaban J connectivity index is 1.48. The third-order valence-electron chi connectivity index (χ3n) is 5.51. The maximum Gasteiger partial charge on any atom is 0.117 e. The highest BCUT2D eigenvalue weighted by Crippen LogP contribution is 2.34. The van der Waals surface area contributed by atoms with Crippen LogP contribution in [0.1, 0.15) is 22.8 Å². The zero-order valence-corrected chi connectivity index (χ0v) is 15.2. The number of likely N-dealkylation sites (tertiary alicyclic amines) is 2. The molecule has 2 fully saturated rings. The number of aryl methyl sites for hydroxylation is 1. The van der Waals surface area contributed by atoms with Gasteiger partial charge in [-0.15, -0.1) is 11.3 Å². The molecule has 130 valence electrons. The smallest absolute Gasteiger partial charge is 0.117 e. The number of hydrogen-bond donors (Lipinski definition) is 0. The molecule has 0 saturated carbocycles. The summed E-state index contributed by atoms with van der Waals surface area (Å²) in [6.07, 6.45) is 3.25. The van der Waals surface area contributed by atoms with E-state index in [2.05, 4.69) is 27.8 Å². The Morgan fingerprint density at radius 3 is 3.00 bits per heavy atom. The molecule has 4 rings (SSSR count). The number of nitrogens with zero attached hydrogens (tertiary/aromatic N) is 3. The second-order valence-corrected chi connectivity index (χ2v) is 7.84. The van der Waals surface area contributed by atoms with Crippen LogP contribution in [0.25, 0.3) is 0 Å². The molecule has 0 aromatic carbocycles. The predicted octanol–water partition coefficient (Wildman–Crippen LogP) is 2.77. The monoisotopic (exact) mass is 347 g/mol. The van der Waals surface area contributed by atoms with E-state index in [1.54, 1.807) is 17.6 Å². The van der Waals surface area contributed by atoms with E-state index in [1.165, 1.54) is 10.6 Å². The molecule has 3 atom stereocenters. The standard InChI is InChI=1S/C18H25N3O2S/c1-13-18(24-12-19-13)11-21-6-5-17(22-2)15-9-20(10-16(15)21)8-14-4-3-7-23-14/h3-4,7,12,15-17H,5-6,8-11H2,1-2H3/t15-,16+,17-/m0/s1. The lowest BCUT2D eigenvalue weighted by atomic mass is 9.89. The first kappa shape index (κ1) is 16.3. The van der Waals surface area contributed by atoms with Gasteiger partial charge in [0.15, 0.2) is 0 Å². The number of rotatable bonds is 5. The van der Waals surface area contributed by atoms with Crippen molar-refractivity contribution in [2.75, 3.05) is 26.7 Å². The summed E-state index contributed by atoms with van der Waals surface area (Å²) in [6.45, 7) is 7.30. The fraction of sp³-hybridized carbons (Fsp3) is 0.611. The van der Waals surface area contributed by atoms with Gasteiger partial charge in [0.25, 0.3) is 0 Å². The zero-order valence-electron chi connectivity index (χ0n) is 14.4. The summed E-state index contributed by atoms with van der Waals surface area (Å²) in [5.41, 5.74) is 3.14. The third-order valence-corrected chi connectivity index (χ3v) is 6.43. The Morgan fingerprint density at radius 2 is 2.29 bits per heavy atom. The normalized spacial score (nSPS) is 28.3. The minimum absolute atomic E-state index is 0.371. The van der Waals surface area contributed by atoms with Gasteiger partial charge >= 0.3 is 0 Å². The molecule has 2 aromatic heterocycles. The molecule has 0 amide bonds. The van der Waals surface area contributed by atoms with Crippen LogP contribution in [0, 0.1) is 12.8 Å². The van der Waals surface area contributed by atoms with E-state index in [4.69, 9.17) is 9.15 Å². The van der Waals surface area contributed by atoms with Gasteiger partial charge in [-0.25, -0.2) is 4.98 Å². The highest BCUT2D eigenvalue weighted by Gasteiger charge is 2.44. The first-order chi connectivity index (χ1) is 11.7. The Hall–Kier alpha value is -1.21. The third kappa shape index (κ3) is 3.16. The molecule has 0 N–H and O–H groups in total. The maximum atomic E-state index is 5.81. The van der Waals surface area contributed by atoms with E-state index < -0.39 is 0 Å². The first-order valence-electron chi connectivity index (χ1n) is 8.65. The van der Waals surface area contributed by atoms with Crippen LogP contribution >= 0.6 is 11.3 Å². The fourth-order valence-electron chi connectivity index (χ4n) is 4.22. The quantitative estimate of drug-likeness (QED) is 0.832. The molecule has 24 heavy (non-hydrogen) atoms. The number of piperidine rings is 1. The van der Waals surface area contributed by atoms with Crippen LogP contribution in [0.3, 0.4) is 0 Å². The fourth-order valence-corrected chi connectivity index (χ4v) is 5.02. The van der Waals surface area contributed by atoms with Gasteiger partial charge in [-0.2, -0.15) is 0 Å². The zero-order chi connectivity index (χ0) is 16.5. The number of aromatic nitrogens is 1. The van der Waals surface area contributed by atoms with Crippen molar-refractivity contribution in [3.8, 4) is 0 Å². The molecular weight excluding hydrogens is 322 g/mol. The van der Waals surface area contributed by atoms with Crippen molar-refractivity contribution in [3.63, 3.8) is 0 Å².